The van der Waals surface area contributed by atoms with Crippen LogP contribution in [0.1, 0.15) is 39.0 Å². The maximum atomic E-state index is 12.8. The Morgan fingerprint density at radius 2 is 1.85 bits per heavy atom. The number of benzene rings is 1. The molecular weight excluding hydrogens is 338 g/mol. The van der Waals surface area contributed by atoms with Gasteiger partial charge >= 0.3 is 0 Å². The number of sulfone groups is 1. The molecular formula is C15H22BrNO2S. The summed E-state index contributed by atoms with van der Waals surface area (Å²) in [6.07, 6.45) is 4.88. The highest BCUT2D eigenvalue weighted by atomic mass is 79.9. The molecule has 1 fully saturated rings. The van der Waals surface area contributed by atoms with Crippen molar-refractivity contribution in [1.82, 2.24) is 5.32 Å². The van der Waals surface area contributed by atoms with Crippen LogP contribution < -0.4 is 5.32 Å². The molecule has 2 unspecified atom stereocenters. The highest BCUT2D eigenvalue weighted by molar-refractivity contribution is 9.10. The normalized spacial score (nSPS) is 23.7. The molecule has 0 amide bonds. The minimum atomic E-state index is -3.24. The number of hydrogen-bond donors (Lipinski definition) is 1. The fourth-order valence-electron chi connectivity index (χ4n) is 2.83. The average Bonchev–Trinajstić information content (AvgIpc) is 2.46. The Morgan fingerprint density at radius 1 is 1.20 bits per heavy atom. The molecule has 1 aromatic rings. The van der Waals surface area contributed by atoms with Crippen molar-refractivity contribution in [2.45, 2.75) is 55.2 Å². The second kappa shape index (κ2) is 7.05. The Kier molecular flexibility index (Phi) is 5.64. The minimum Gasteiger partial charge on any atom is -0.313 e. The SMILES string of the molecule is CCCNC1CCCCC1S(=O)(=O)c1ccc(Br)cc1. The highest BCUT2D eigenvalue weighted by Gasteiger charge is 2.36. The average molecular weight is 360 g/mol. The van der Waals surface area contributed by atoms with Gasteiger partial charge in [0.05, 0.1) is 10.1 Å². The van der Waals surface area contributed by atoms with Crippen molar-refractivity contribution in [2.24, 2.45) is 0 Å². The zero-order valence-electron chi connectivity index (χ0n) is 11.8. The first-order valence-corrected chi connectivity index (χ1v) is 9.62. The van der Waals surface area contributed by atoms with E-state index >= 15 is 0 Å². The first kappa shape index (κ1) is 16.0. The topological polar surface area (TPSA) is 46.2 Å². The summed E-state index contributed by atoms with van der Waals surface area (Å²) in [5.74, 6) is 0. The molecule has 0 heterocycles. The summed E-state index contributed by atoms with van der Waals surface area (Å²) in [4.78, 5) is 0.441. The van der Waals surface area contributed by atoms with E-state index in [1.807, 2.05) is 0 Å². The zero-order chi connectivity index (χ0) is 14.6. The largest absolute Gasteiger partial charge is 0.313 e. The third-order valence-corrected chi connectivity index (χ3v) is 6.72. The molecule has 0 bridgehead atoms. The van der Waals surface area contributed by atoms with E-state index in [0.29, 0.717) is 4.90 Å². The van der Waals surface area contributed by atoms with Gasteiger partial charge in [-0.2, -0.15) is 0 Å². The predicted molar refractivity (Wildman–Crippen MR) is 85.7 cm³/mol. The number of nitrogens with one attached hydrogen (secondary N) is 1. The molecule has 1 aliphatic rings. The third kappa shape index (κ3) is 3.62. The molecule has 1 N–H and O–H groups in total. The van der Waals surface area contributed by atoms with Crippen LogP contribution in [-0.4, -0.2) is 26.3 Å². The molecule has 1 aromatic carbocycles. The van der Waals surface area contributed by atoms with Crippen molar-refractivity contribution in [1.29, 1.82) is 0 Å². The third-order valence-electron chi connectivity index (χ3n) is 3.90. The standard InChI is InChI=1S/C15H22BrNO2S/c1-2-11-17-14-5-3-4-6-15(14)20(18,19)13-9-7-12(16)8-10-13/h7-10,14-15,17H,2-6,11H2,1H3. The lowest BCUT2D eigenvalue weighted by atomic mass is 9.95. The fourth-order valence-corrected chi connectivity index (χ4v) is 5.10. The van der Waals surface area contributed by atoms with Gasteiger partial charge in [-0.1, -0.05) is 35.7 Å². The van der Waals surface area contributed by atoms with Crippen molar-refractivity contribution >= 4 is 25.8 Å². The molecule has 2 atom stereocenters. The summed E-state index contributed by atoms with van der Waals surface area (Å²) < 4.78 is 26.5. The lowest BCUT2D eigenvalue weighted by Gasteiger charge is -2.32. The summed E-state index contributed by atoms with van der Waals surface area (Å²) in [6, 6.07) is 7.09. The van der Waals surface area contributed by atoms with Crippen LogP contribution in [0.15, 0.2) is 33.6 Å². The Bertz CT molecular complexity index is 527. The van der Waals surface area contributed by atoms with Gasteiger partial charge in [0.15, 0.2) is 9.84 Å². The first-order chi connectivity index (χ1) is 9.55. The minimum absolute atomic E-state index is 0.0948. The van der Waals surface area contributed by atoms with Gasteiger partial charge < -0.3 is 5.32 Å². The summed E-state index contributed by atoms with van der Waals surface area (Å²) in [6.45, 7) is 2.99. The van der Waals surface area contributed by atoms with Crippen LogP contribution in [0.25, 0.3) is 0 Å². The van der Waals surface area contributed by atoms with E-state index in [4.69, 9.17) is 0 Å². The van der Waals surface area contributed by atoms with Gasteiger partial charge in [-0.15, -0.1) is 0 Å². The van der Waals surface area contributed by atoms with Crippen LogP contribution in [-0.2, 0) is 9.84 Å². The number of halogens is 1. The lowest BCUT2D eigenvalue weighted by Crippen LogP contribution is -2.46. The van der Waals surface area contributed by atoms with E-state index in [1.165, 1.54) is 0 Å². The van der Waals surface area contributed by atoms with E-state index in [9.17, 15) is 8.42 Å². The molecule has 1 saturated carbocycles. The molecule has 20 heavy (non-hydrogen) atoms. The van der Waals surface area contributed by atoms with Gasteiger partial charge in [-0.05, 0) is 50.1 Å². The summed E-state index contributed by atoms with van der Waals surface area (Å²) in [5, 5.41) is 3.13. The number of hydrogen-bond acceptors (Lipinski definition) is 3. The van der Waals surface area contributed by atoms with Gasteiger partial charge in [0.25, 0.3) is 0 Å². The maximum Gasteiger partial charge on any atom is 0.182 e. The molecule has 5 heteroatoms. The molecule has 0 aromatic heterocycles. The van der Waals surface area contributed by atoms with Crippen LogP contribution in [0.2, 0.25) is 0 Å². The Hall–Kier alpha value is -0.390. The van der Waals surface area contributed by atoms with E-state index in [1.54, 1.807) is 24.3 Å². The van der Waals surface area contributed by atoms with Gasteiger partial charge in [-0.3, -0.25) is 0 Å². The second-order valence-electron chi connectivity index (χ2n) is 5.38. The molecule has 3 nitrogen and oxygen atoms in total. The molecule has 0 radical (unpaired) electrons. The van der Waals surface area contributed by atoms with E-state index < -0.39 is 9.84 Å². The van der Waals surface area contributed by atoms with Crippen molar-refractivity contribution < 1.29 is 8.42 Å². The van der Waals surface area contributed by atoms with E-state index in [2.05, 4.69) is 28.2 Å². The second-order valence-corrected chi connectivity index (χ2v) is 8.47. The zero-order valence-corrected chi connectivity index (χ0v) is 14.2. The lowest BCUT2D eigenvalue weighted by molar-refractivity contribution is 0.371. The van der Waals surface area contributed by atoms with Gasteiger partial charge in [0.2, 0.25) is 0 Å². The van der Waals surface area contributed by atoms with Crippen LogP contribution in [0.5, 0.6) is 0 Å². The summed E-state index contributed by atoms with van der Waals surface area (Å²) in [5.41, 5.74) is 0. The highest BCUT2D eigenvalue weighted by Crippen LogP contribution is 2.29. The molecule has 112 valence electrons. The van der Waals surface area contributed by atoms with E-state index in [-0.39, 0.29) is 11.3 Å². The Labute approximate surface area is 130 Å². The summed E-state index contributed by atoms with van der Waals surface area (Å²) in [7, 11) is -3.24. The molecule has 0 aliphatic heterocycles. The van der Waals surface area contributed by atoms with Crippen molar-refractivity contribution in [3.05, 3.63) is 28.7 Å². The smallest absolute Gasteiger partial charge is 0.182 e. The summed E-state index contributed by atoms with van der Waals surface area (Å²) >= 11 is 3.35. The van der Waals surface area contributed by atoms with Gasteiger partial charge in [0, 0.05) is 10.5 Å². The van der Waals surface area contributed by atoms with Crippen molar-refractivity contribution in [3.8, 4) is 0 Å². The predicted octanol–water partition coefficient (Wildman–Crippen LogP) is 3.53. The maximum absolute atomic E-state index is 12.8. The number of rotatable bonds is 5. The molecule has 2 rings (SSSR count). The van der Waals surface area contributed by atoms with Crippen LogP contribution in [0, 0.1) is 0 Å². The van der Waals surface area contributed by atoms with Gasteiger partial charge in [0.1, 0.15) is 0 Å². The molecule has 0 saturated heterocycles. The van der Waals surface area contributed by atoms with Crippen molar-refractivity contribution in [2.75, 3.05) is 6.54 Å². The Balaban J connectivity index is 2.23. The quantitative estimate of drug-likeness (QED) is 0.874. The molecule has 0 spiro atoms. The van der Waals surface area contributed by atoms with Gasteiger partial charge in [-0.25, -0.2) is 8.42 Å². The monoisotopic (exact) mass is 359 g/mol. The van der Waals surface area contributed by atoms with Crippen LogP contribution in [0.4, 0.5) is 0 Å². The Morgan fingerprint density at radius 3 is 2.50 bits per heavy atom. The first-order valence-electron chi connectivity index (χ1n) is 7.28. The fraction of sp³-hybridized carbons (Fsp3) is 0.600. The van der Waals surface area contributed by atoms with Crippen molar-refractivity contribution in [3.63, 3.8) is 0 Å². The van der Waals surface area contributed by atoms with E-state index in [0.717, 1.165) is 43.1 Å². The molecule has 1 aliphatic carbocycles. The van der Waals surface area contributed by atoms with Crippen LogP contribution in [0.3, 0.4) is 0 Å². The van der Waals surface area contributed by atoms with Crippen LogP contribution >= 0.6 is 15.9 Å².